The molecule has 1 fully saturated rings. The van der Waals surface area contributed by atoms with E-state index >= 15 is 0 Å². The molecular weight excluding hydrogens is 320 g/mol. The van der Waals surface area contributed by atoms with Crippen LogP contribution in [0.1, 0.15) is 13.3 Å². The second kappa shape index (κ2) is 7.46. The lowest BCUT2D eigenvalue weighted by Gasteiger charge is -2.17. The van der Waals surface area contributed by atoms with Crippen molar-refractivity contribution in [3.05, 3.63) is 29.3 Å². The highest BCUT2D eigenvalue weighted by atomic mass is 35.5. The Kier molecular flexibility index (Phi) is 5.60. The van der Waals surface area contributed by atoms with Crippen molar-refractivity contribution in [1.82, 2.24) is 4.90 Å². The van der Waals surface area contributed by atoms with Gasteiger partial charge in [-0.15, -0.1) is 0 Å². The lowest BCUT2D eigenvalue weighted by atomic mass is 10.3. The zero-order valence-corrected chi connectivity index (χ0v) is 13.8. The number of likely N-dealkylation sites (N-methyl/N-ethyl adjacent to an activating group) is 1. The van der Waals surface area contributed by atoms with Crippen LogP contribution in [0.25, 0.3) is 0 Å². The standard InChI is InChI=1S/C16H19ClN2O4/c1-10-7-11(10)16(22)23-9-15(21)19(2)8-14(20)18-13-6-4-3-5-12(13)17/h3-6,10-11H,7-9H2,1-2H3,(H,18,20)/t10-,11-/m0/s1. The lowest BCUT2D eigenvalue weighted by Crippen LogP contribution is -2.37. The van der Waals surface area contributed by atoms with Gasteiger partial charge in [0.25, 0.3) is 5.91 Å². The highest BCUT2D eigenvalue weighted by Crippen LogP contribution is 2.38. The number of hydrogen-bond donors (Lipinski definition) is 1. The maximum absolute atomic E-state index is 11.9. The van der Waals surface area contributed by atoms with Crippen molar-refractivity contribution in [1.29, 1.82) is 0 Å². The first-order chi connectivity index (χ1) is 10.9. The number of benzene rings is 1. The zero-order chi connectivity index (χ0) is 17.0. The lowest BCUT2D eigenvalue weighted by molar-refractivity contribution is -0.153. The summed E-state index contributed by atoms with van der Waals surface area (Å²) < 4.78 is 4.96. The van der Waals surface area contributed by atoms with Crippen molar-refractivity contribution >= 4 is 35.1 Å². The van der Waals surface area contributed by atoms with Crippen LogP contribution < -0.4 is 5.32 Å². The van der Waals surface area contributed by atoms with Crippen LogP contribution in [0.4, 0.5) is 5.69 Å². The number of anilines is 1. The number of carbonyl (C=O) groups is 3. The second-order valence-corrected chi connectivity index (χ2v) is 6.11. The van der Waals surface area contributed by atoms with E-state index in [0.717, 1.165) is 6.42 Å². The predicted octanol–water partition coefficient (Wildman–Crippen LogP) is 1.94. The zero-order valence-electron chi connectivity index (χ0n) is 13.0. The third-order valence-electron chi connectivity index (χ3n) is 3.70. The Hall–Kier alpha value is -2.08. The van der Waals surface area contributed by atoms with Crippen LogP contribution in [-0.4, -0.2) is 42.9 Å². The largest absolute Gasteiger partial charge is 0.455 e. The van der Waals surface area contributed by atoms with E-state index in [2.05, 4.69) is 5.32 Å². The SMILES string of the molecule is C[C@H]1C[C@@H]1C(=O)OCC(=O)N(C)CC(=O)Nc1ccccc1Cl. The summed E-state index contributed by atoms with van der Waals surface area (Å²) in [6.45, 7) is 1.46. The van der Waals surface area contributed by atoms with Crippen LogP contribution in [0.2, 0.25) is 5.02 Å². The first kappa shape index (κ1) is 17.3. The van der Waals surface area contributed by atoms with Crippen molar-refractivity contribution in [2.45, 2.75) is 13.3 Å². The summed E-state index contributed by atoms with van der Waals surface area (Å²) in [6, 6.07) is 6.82. The molecule has 1 N–H and O–H groups in total. The Morgan fingerprint density at radius 2 is 2.00 bits per heavy atom. The summed E-state index contributed by atoms with van der Waals surface area (Å²) in [7, 11) is 1.47. The molecule has 0 radical (unpaired) electrons. The van der Waals surface area contributed by atoms with Gasteiger partial charge < -0.3 is 15.0 Å². The fourth-order valence-electron chi connectivity index (χ4n) is 2.06. The van der Waals surface area contributed by atoms with Gasteiger partial charge in [-0.2, -0.15) is 0 Å². The second-order valence-electron chi connectivity index (χ2n) is 5.71. The highest BCUT2D eigenvalue weighted by molar-refractivity contribution is 6.33. The Labute approximate surface area is 139 Å². The van der Waals surface area contributed by atoms with Crippen molar-refractivity contribution in [2.24, 2.45) is 11.8 Å². The average Bonchev–Trinajstić information content (AvgIpc) is 3.23. The van der Waals surface area contributed by atoms with E-state index < -0.39 is 5.91 Å². The number of carbonyl (C=O) groups excluding carboxylic acids is 3. The van der Waals surface area contributed by atoms with Crippen LogP contribution in [0.15, 0.2) is 24.3 Å². The summed E-state index contributed by atoms with van der Waals surface area (Å²) in [4.78, 5) is 36.5. The Morgan fingerprint density at radius 3 is 2.61 bits per heavy atom. The van der Waals surface area contributed by atoms with Crippen molar-refractivity contribution in [3.8, 4) is 0 Å². The van der Waals surface area contributed by atoms with E-state index in [1.54, 1.807) is 24.3 Å². The number of amides is 2. The fourth-order valence-corrected chi connectivity index (χ4v) is 2.24. The first-order valence-corrected chi connectivity index (χ1v) is 7.71. The number of nitrogens with one attached hydrogen (secondary N) is 1. The van der Waals surface area contributed by atoms with Crippen LogP contribution >= 0.6 is 11.6 Å². The number of hydrogen-bond acceptors (Lipinski definition) is 4. The topological polar surface area (TPSA) is 75.7 Å². The quantitative estimate of drug-likeness (QED) is 0.804. The van der Waals surface area contributed by atoms with Gasteiger partial charge in [-0.25, -0.2) is 0 Å². The molecule has 0 unspecified atom stereocenters. The van der Waals surface area contributed by atoms with Gasteiger partial charge in [0.05, 0.1) is 23.2 Å². The van der Waals surface area contributed by atoms with E-state index in [1.165, 1.54) is 11.9 Å². The van der Waals surface area contributed by atoms with Crippen molar-refractivity contribution in [3.63, 3.8) is 0 Å². The molecule has 0 bridgehead atoms. The molecule has 0 saturated heterocycles. The van der Waals surface area contributed by atoms with E-state index in [9.17, 15) is 14.4 Å². The molecule has 1 aromatic carbocycles. The Morgan fingerprint density at radius 1 is 1.35 bits per heavy atom. The number of ether oxygens (including phenoxy) is 1. The molecule has 2 atom stereocenters. The molecule has 1 aliphatic carbocycles. The number of esters is 1. The maximum Gasteiger partial charge on any atom is 0.309 e. The summed E-state index contributed by atoms with van der Waals surface area (Å²) in [5, 5.41) is 3.04. The van der Waals surface area contributed by atoms with E-state index in [4.69, 9.17) is 16.3 Å². The van der Waals surface area contributed by atoms with Gasteiger partial charge in [-0.1, -0.05) is 30.7 Å². The molecule has 124 valence electrons. The summed E-state index contributed by atoms with van der Waals surface area (Å²) in [5.74, 6) is -0.912. The smallest absolute Gasteiger partial charge is 0.309 e. The summed E-state index contributed by atoms with van der Waals surface area (Å²) >= 11 is 5.95. The Bertz CT molecular complexity index is 620. The fraction of sp³-hybridized carbons (Fsp3) is 0.438. The molecule has 7 heteroatoms. The molecule has 1 aliphatic rings. The van der Waals surface area contributed by atoms with E-state index in [1.807, 2.05) is 6.92 Å². The third kappa shape index (κ3) is 4.96. The molecule has 1 aromatic rings. The van der Waals surface area contributed by atoms with E-state index in [0.29, 0.717) is 16.6 Å². The minimum absolute atomic E-state index is 0.0865. The molecule has 0 aliphatic heterocycles. The molecule has 0 heterocycles. The van der Waals surface area contributed by atoms with Crippen molar-refractivity contribution in [2.75, 3.05) is 25.5 Å². The number of halogens is 1. The van der Waals surface area contributed by atoms with E-state index in [-0.39, 0.29) is 30.9 Å². The minimum atomic E-state index is -0.430. The van der Waals surface area contributed by atoms with Crippen LogP contribution in [0.5, 0.6) is 0 Å². The molecule has 23 heavy (non-hydrogen) atoms. The third-order valence-corrected chi connectivity index (χ3v) is 4.03. The first-order valence-electron chi connectivity index (χ1n) is 7.33. The molecule has 2 amide bonds. The molecule has 0 spiro atoms. The molecule has 6 nitrogen and oxygen atoms in total. The molecule has 1 saturated carbocycles. The van der Waals surface area contributed by atoms with Gasteiger partial charge in [0.15, 0.2) is 6.61 Å². The van der Waals surface area contributed by atoms with Gasteiger partial charge in [-0.05, 0) is 24.5 Å². The molecule has 0 aromatic heterocycles. The summed E-state index contributed by atoms with van der Waals surface area (Å²) in [5.41, 5.74) is 0.481. The predicted molar refractivity (Wildman–Crippen MR) is 85.9 cm³/mol. The van der Waals surface area contributed by atoms with Crippen molar-refractivity contribution < 1.29 is 19.1 Å². The molecular formula is C16H19ClN2O4. The average molecular weight is 339 g/mol. The normalized spacial score (nSPS) is 18.9. The monoisotopic (exact) mass is 338 g/mol. The van der Waals surface area contributed by atoms with Gasteiger partial charge in [0.1, 0.15) is 0 Å². The van der Waals surface area contributed by atoms with Gasteiger partial charge in [0.2, 0.25) is 5.91 Å². The van der Waals surface area contributed by atoms with Gasteiger partial charge in [0, 0.05) is 7.05 Å². The highest BCUT2D eigenvalue weighted by Gasteiger charge is 2.40. The van der Waals surface area contributed by atoms with Gasteiger partial charge in [-0.3, -0.25) is 14.4 Å². The number of para-hydroxylation sites is 1. The number of nitrogens with zero attached hydrogens (tertiary/aromatic N) is 1. The molecule has 2 rings (SSSR count). The van der Waals surface area contributed by atoms with Crippen LogP contribution in [-0.2, 0) is 19.1 Å². The van der Waals surface area contributed by atoms with Crippen LogP contribution in [0, 0.1) is 11.8 Å². The summed E-state index contributed by atoms with van der Waals surface area (Å²) in [6.07, 6.45) is 0.809. The van der Waals surface area contributed by atoms with Gasteiger partial charge >= 0.3 is 5.97 Å². The maximum atomic E-state index is 11.9. The number of rotatable bonds is 6. The minimum Gasteiger partial charge on any atom is -0.455 e. The Balaban J connectivity index is 1.75. The van der Waals surface area contributed by atoms with Crippen LogP contribution in [0.3, 0.4) is 0 Å².